The number of unbranched alkanes of at least 4 members (excludes halogenated alkanes) is 54. The summed E-state index contributed by atoms with van der Waals surface area (Å²) in [7, 11) is 0. The zero-order chi connectivity index (χ0) is 56.4. The Morgan fingerprint density at radius 2 is 0.423 bits per heavy atom. The van der Waals surface area contributed by atoms with Gasteiger partial charge >= 0.3 is 17.9 Å². The van der Waals surface area contributed by atoms with Crippen LogP contribution in [0.25, 0.3) is 0 Å². The Balaban J connectivity index is 4.17. The minimum Gasteiger partial charge on any atom is -0.462 e. The molecular formula is C72H138O6. The second-order valence-corrected chi connectivity index (χ2v) is 24.5. The van der Waals surface area contributed by atoms with Crippen LogP contribution in [0, 0.1) is 0 Å². The van der Waals surface area contributed by atoms with Gasteiger partial charge in [0.25, 0.3) is 0 Å². The van der Waals surface area contributed by atoms with E-state index in [1.165, 1.54) is 308 Å². The number of hydrogen-bond donors (Lipinski definition) is 0. The minimum absolute atomic E-state index is 0.0657. The summed E-state index contributed by atoms with van der Waals surface area (Å²) in [6, 6.07) is 0. The predicted molar refractivity (Wildman–Crippen MR) is 340 cm³/mol. The van der Waals surface area contributed by atoms with Gasteiger partial charge in [0.2, 0.25) is 0 Å². The maximum atomic E-state index is 12.9. The van der Waals surface area contributed by atoms with E-state index in [1.807, 2.05) is 0 Å². The van der Waals surface area contributed by atoms with Crippen LogP contribution in [0.5, 0.6) is 0 Å². The number of esters is 3. The highest BCUT2D eigenvalue weighted by Crippen LogP contribution is 2.19. The summed E-state index contributed by atoms with van der Waals surface area (Å²) < 4.78 is 17.0. The fraction of sp³-hybridized carbons (Fsp3) is 0.931. The molecule has 78 heavy (non-hydrogen) atoms. The molecule has 462 valence electrons. The first-order valence-corrected chi connectivity index (χ1v) is 35.7. The summed E-state index contributed by atoms with van der Waals surface area (Å²) >= 11 is 0. The molecule has 0 aliphatic rings. The Bertz CT molecular complexity index is 1210. The maximum Gasteiger partial charge on any atom is 0.306 e. The molecule has 0 rings (SSSR count). The van der Waals surface area contributed by atoms with Crippen molar-refractivity contribution in [3.8, 4) is 0 Å². The molecule has 0 radical (unpaired) electrons. The predicted octanol–water partition coefficient (Wildman–Crippen LogP) is 24.4. The summed E-state index contributed by atoms with van der Waals surface area (Å²) in [5.41, 5.74) is 0. The Hall–Kier alpha value is -1.85. The van der Waals surface area contributed by atoms with Crippen molar-refractivity contribution >= 4 is 17.9 Å². The first kappa shape index (κ1) is 76.1. The molecule has 1 atom stereocenters. The molecular weight excluding hydrogens is 961 g/mol. The summed E-state index contributed by atoms with van der Waals surface area (Å²) in [6.45, 7) is 6.72. The van der Waals surface area contributed by atoms with E-state index in [2.05, 4.69) is 32.9 Å². The van der Waals surface area contributed by atoms with E-state index >= 15 is 0 Å². The molecule has 0 spiro atoms. The van der Waals surface area contributed by atoms with E-state index in [4.69, 9.17) is 14.2 Å². The van der Waals surface area contributed by atoms with Gasteiger partial charge in [-0.1, -0.05) is 360 Å². The fourth-order valence-electron chi connectivity index (χ4n) is 11.2. The molecule has 0 bridgehead atoms. The fourth-order valence-corrected chi connectivity index (χ4v) is 11.2. The van der Waals surface area contributed by atoms with Crippen LogP contribution in [-0.4, -0.2) is 37.2 Å². The van der Waals surface area contributed by atoms with Gasteiger partial charge in [0.15, 0.2) is 6.10 Å². The van der Waals surface area contributed by atoms with Gasteiger partial charge in [0, 0.05) is 19.3 Å². The van der Waals surface area contributed by atoms with Crippen molar-refractivity contribution < 1.29 is 28.6 Å². The first-order chi connectivity index (χ1) is 38.5. The minimum atomic E-state index is -0.769. The van der Waals surface area contributed by atoms with E-state index < -0.39 is 6.10 Å². The maximum absolute atomic E-state index is 12.9. The van der Waals surface area contributed by atoms with Gasteiger partial charge in [0.1, 0.15) is 13.2 Å². The molecule has 0 saturated heterocycles. The Morgan fingerprint density at radius 3 is 0.641 bits per heavy atom. The lowest BCUT2D eigenvalue weighted by molar-refractivity contribution is -0.167. The van der Waals surface area contributed by atoms with Gasteiger partial charge in [-0.25, -0.2) is 0 Å². The molecule has 0 aliphatic carbocycles. The third kappa shape index (κ3) is 65.0. The lowest BCUT2D eigenvalue weighted by Gasteiger charge is -2.18. The molecule has 0 aromatic heterocycles. The van der Waals surface area contributed by atoms with E-state index in [0.717, 1.165) is 64.2 Å². The highest BCUT2D eigenvalue weighted by atomic mass is 16.6. The molecule has 0 aliphatic heterocycles. The van der Waals surface area contributed by atoms with Crippen molar-refractivity contribution in [2.45, 2.75) is 419 Å². The SMILES string of the molecule is CCCCCCC/C=C\CCCCCCCC(=O)OCC(COC(=O)CCCCCCCCCCCCCCCCCCCCCCCCCCCCCC)OC(=O)CCCCCCCCCCCCCCCCCCCC. The van der Waals surface area contributed by atoms with Gasteiger partial charge < -0.3 is 14.2 Å². The first-order valence-electron chi connectivity index (χ1n) is 35.7. The standard InChI is InChI=1S/C72H138O6/c1-4-7-10-13-16-19-22-25-28-30-32-33-34-35-36-37-38-39-40-41-43-44-47-50-53-56-59-62-65-71(74)77-68-69(67-76-70(73)64-61-58-55-52-49-46-27-24-21-18-15-12-9-6-3)78-72(75)66-63-60-57-54-51-48-45-42-31-29-26-23-20-17-14-11-8-5-2/h24,27,69H,4-23,25-26,28-68H2,1-3H3/b27-24-. The lowest BCUT2D eigenvalue weighted by atomic mass is 10.0. The van der Waals surface area contributed by atoms with Gasteiger partial charge in [-0.3, -0.25) is 14.4 Å². The van der Waals surface area contributed by atoms with E-state index in [9.17, 15) is 14.4 Å². The summed E-state index contributed by atoms with van der Waals surface area (Å²) in [6.07, 6.45) is 81.1. The summed E-state index contributed by atoms with van der Waals surface area (Å²) in [4.78, 5) is 38.4. The monoisotopic (exact) mass is 1100 g/mol. The van der Waals surface area contributed by atoms with Gasteiger partial charge in [-0.05, 0) is 44.9 Å². The van der Waals surface area contributed by atoms with Crippen LogP contribution in [0.15, 0.2) is 12.2 Å². The molecule has 0 fully saturated rings. The topological polar surface area (TPSA) is 78.9 Å². The van der Waals surface area contributed by atoms with Crippen molar-refractivity contribution in [2.75, 3.05) is 13.2 Å². The van der Waals surface area contributed by atoms with E-state index in [1.54, 1.807) is 0 Å². The van der Waals surface area contributed by atoms with Crippen molar-refractivity contribution in [3.05, 3.63) is 12.2 Å². The zero-order valence-electron chi connectivity index (χ0n) is 53.2. The second kappa shape index (κ2) is 67.7. The molecule has 6 nitrogen and oxygen atoms in total. The molecule has 0 saturated carbocycles. The lowest BCUT2D eigenvalue weighted by Crippen LogP contribution is -2.30. The van der Waals surface area contributed by atoms with Gasteiger partial charge in [-0.15, -0.1) is 0 Å². The quantitative estimate of drug-likeness (QED) is 0.0261. The number of carbonyl (C=O) groups is 3. The molecule has 0 aromatic rings. The molecule has 0 N–H and O–H groups in total. The Labute approximate surface area is 488 Å². The van der Waals surface area contributed by atoms with E-state index in [0.29, 0.717) is 19.3 Å². The third-order valence-corrected chi connectivity index (χ3v) is 16.5. The Morgan fingerprint density at radius 1 is 0.244 bits per heavy atom. The molecule has 0 aromatic carbocycles. The van der Waals surface area contributed by atoms with Crippen LogP contribution in [0.4, 0.5) is 0 Å². The molecule has 0 heterocycles. The van der Waals surface area contributed by atoms with Gasteiger partial charge in [0.05, 0.1) is 0 Å². The van der Waals surface area contributed by atoms with Crippen LogP contribution in [0.2, 0.25) is 0 Å². The number of carbonyl (C=O) groups excluding carboxylic acids is 3. The average molecular weight is 1100 g/mol. The van der Waals surface area contributed by atoms with Crippen LogP contribution in [0.1, 0.15) is 412 Å². The zero-order valence-corrected chi connectivity index (χ0v) is 53.2. The number of ether oxygens (including phenoxy) is 3. The molecule has 6 heteroatoms. The molecule has 1 unspecified atom stereocenters. The second-order valence-electron chi connectivity index (χ2n) is 24.5. The molecule has 0 amide bonds. The van der Waals surface area contributed by atoms with E-state index in [-0.39, 0.29) is 31.1 Å². The highest BCUT2D eigenvalue weighted by molar-refractivity contribution is 5.71. The summed E-state index contributed by atoms with van der Waals surface area (Å²) in [5.74, 6) is -0.839. The van der Waals surface area contributed by atoms with Gasteiger partial charge in [-0.2, -0.15) is 0 Å². The van der Waals surface area contributed by atoms with Crippen LogP contribution in [0.3, 0.4) is 0 Å². The van der Waals surface area contributed by atoms with Crippen molar-refractivity contribution in [2.24, 2.45) is 0 Å². The smallest absolute Gasteiger partial charge is 0.306 e. The van der Waals surface area contributed by atoms with Crippen LogP contribution in [-0.2, 0) is 28.6 Å². The largest absolute Gasteiger partial charge is 0.462 e. The Kier molecular flexibility index (Phi) is 66.0. The number of hydrogen-bond acceptors (Lipinski definition) is 6. The van der Waals surface area contributed by atoms with Crippen molar-refractivity contribution in [1.29, 1.82) is 0 Å². The normalized spacial score (nSPS) is 12.0. The van der Waals surface area contributed by atoms with Crippen molar-refractivity contribution in [1.82, 2.24) is 0 Å². The average Bonchev–Trinajstić information content (AvgIpc) is 3.44. The van der Waals surface area contributed by atoms with Crippen LogP contribution < -0.4 is 0 Å². The summed E-state index contributed by atoms with van der Waals surface area (Å²) in [5, 5.41) is 0. The van der Waals surface area contributed by atoms with Crippen LogP contribution >= 0.6 is 0 Å². The third-order valence-electron chi connectivity index (χ3n) is 16.5. The highest BCUT2D eigenvalue weighted by Gasteiger charge is 2.19. The number of allylic oxidation sites excluding steroid dienone is 2. The van der Waals surface area contributed by atoms with Crippen molar-refractivity contribution in [3.63, 3.8) is 0 Å². The number of rotatable bonds is 67.